The first-order chi connectivity index (χ1) is 18.5. The number of carbonyl (C=O) groups is 2. The second kappa shape index (κ2) is 19.2. The Hall–Kier alpha value is -2.92. The van der Waals surface area contributed by atoms with E-state index in [1.54, 1.807) is 26.2 Å². The molecular formula is C29H30N4NaO6Ru-. The van der Waals surface area contributed by atoms with Crippen LogP contribution in [0.2, 0.25) is 0 Å². The number of aromatic carboxylic acids is 2. The fourth-order valence-electron chi connectivity index (χ4n) is 3.24. The molecule has 0 aliphatic heterocycles. The summed E-state index contributed by atoms with van der Waals surface area (Å²) in [5, 5.41) is 38.5. The van der Waals surface area contributed by atoms with Crippen LogP contribution in [0.5, 0.6) is 0 Å². The van der Waals surface area contributed by atoms with Crippen LogP contribution in [0.4, 0.5) is 0 Å². The summed E-state index contributed by atoms with van der Waals surface area (Å²) in [7, 11) is 0. The minimum absolute atomic E-state index is 0. The average molecular weight is 655 g/mol. The number of nitrogens with zero attached hydrogens (tertiary/aromatic N) is 4. The standard InChI is InChI=1S/2C12H10N2O2.C5H12O2.Na.Ru/c2*1-8-2-4-13-10(6-8)11-7-9(12(15)16)3-5-14-11;1-4(6)3-5(2)7;;/h2*2-7H,1H3,(H,15,16);4-7H,3H2,1-2H3;;/q;;;+1;/p-2. The number of aromatic nitrogens is 4. The van der Waals surface area contributed by atoms with Gasteiger partial charge in [-0.1, -0.05) is 0 Å². The summed E-state index contributed by atoms with van der Waals surface area (Å²) < 4.78 is 0. The number of rotatable bonds is 6. The Bertz CT molecular complexity index is 1300. The van der Waals surface area contributed by atoms with E-state index in [-0.39, 0.29) is 72.4 Å². The fourth-order valence-corrected chi connectivity index (χ4v) is 3.24. The third kappa shape index (κ3) is 14.0. The van der Waals surface area contributed by atoms with Gasteiger partial charge in [-0.25, -0.2) is 0 Å². The van der Waals surface area contributed by atoms with Gasteiger partial charge in [-0.3, -0.25) is 19.9 Å². The van der Waals surface area contributed by atoms with Gasteiger partial charge in [-0.15, -0.1) is 0 Å². The van der Waals surface area contributed by atoms with Crippen LogP contribution in [-0.4, -0.2) is 54.3 Å². The first-order valence-corrected chi connectivity index (χ1v) is 12.0. The normalized spacial score (nSPS) is 11.1. The molecule has 0 radical (unpaired) electrons. The molecule has 0 saturated carbocycles. The van der Waals surface area contributed by atoms with Crippen molar-refractivity contribution >= 4 is 11.9 Å². The van der Waals surface area contributed by atoms with E-state index in [0.717, 1.165) is 11.1 Å². The molecule has 2 unspecified atom stereocenters. The van der Waals surface area contributed by atoms with Crippen LogP contribution in [0, 0.1) is 13.8 Å². The molecule has 4 aromatic rings. The van der Waals surface area contributed by atoms with Gasteiger partial charge in [0, 0.05) is 55.4 Å². The zero-order valence-corrected chi connectivity index (χ0v) is 27.2. The molecule has 0 saturated heterocycles. The third-order valence-electron chi connectivity index (χ3n) is 5.03. The second-order valence-electron chi connectivity index (χ2n) is 8.81. The van der Waals surface area contributed by atoms with Crippen LogP contribution in [0.1, 0.15) is 52.1 Å². The maximum Gasteiger partial charge on any atom is 1.00 e. The Labute approximate surface area is 274 Å². The van der Waals surface area contributed by atoms with Crippen molar-refractivity contribution in [3.8, 4) is 22.8 Å². The van der Waals surface area contributed by atoms with Crippen LogP contribution < -0.4 is 39.8 Å². The minimum Gasteiger partial charge on any atom is -0.545 e. The zero-order chi connectivity index (χ0) is 28.9. The van der Waals surface area contributed by atoms with Crippen LogP contribution >= 0.6 is 0 Å². The van der Waals surface area contributed by atoms with Crippen molar-refractivity contribution in [2.24, 2.45) is 0 Å². The summed E-state index contributed by atoms with van der Waals surface area (Å²) in [6, 6.07) is 13.1. The van der Waals surface area contributed by atoms with Crippen molar-refractivity contribution in [2.45, 2.75) is 46.3 Å². The molecule has 0 aliphatic rings. The maximum atomic E-state index is 10.7. The van der Waals surface area contributed by atoms with Gasteiger partial charge in [0.05, 0.1) is 46.9 Å². The molecule has 0 aliphatic carbocycles. The van der Waals surface area contributed by atoms with E-state index >= 15 is 0 Å². The summed E-state index contributed by atoms with van der Waals surface area (Å²) >= 11 is 0. The van der Waals surface area contributed by atoms with Crippen LogP contribution in [0.3, 0.4) is 0 Å². The monoisotopic (exact) mass is 655 g/mol. The number of pyridine rings is 4. The molecule has 41 heavy (non-hydrogen) atoms. The maximum absolute atomic E-state index is 10.7. The predicted molar refractivity (Wildman–Crippen MR) is 141 cm³/mol. The molecule has 0 aromatic carbocycles. The molecule has 0 spiro atoms. The first kappa shape index (κ1) is 38.1. The summed E-state index contributed by atoms with van der Waals surface area (Å²) in [5.74, 6) is -2.42. The van der Waals surface area contributed by atoms with E-state index in [2.05, 4.69) is 19.9 Å². The second-order valence-corrected chi connectivity index (χ2v) is 8.81. The first-order valence-electron chi connectivity index (χ1n) is 12.0. The van der Waals surface area contributed by atoms with Gasteiger partial charge in [-0.05, 0) is 93.8 Å². The molecule has 0 amide bonds. The van der Waals surface area contributed by atoms with Gasteiger partial charge in [0.25, 0.3) is 0 Å². The summed E-state index contributed by atoms with van der Waals surface area (Å²) in [6.07, 6.45) is 5.92. The van der Waals surface area contributed by atoms with E-state index in [9.17, 15) is 19.8 Å². The quantitative estimate of drug-likeness (QED) is 0.240. The van der Waals surface area contributed by atoms with Crippen molar-refractivity contribution in [1.82, 2.24) is 19.9 Å². The molecular weight excluding hydrogens is 624 g/mol. The number of aryl methyl sites for hydroxylation is 2. The number of aliphatic hydroxyl groups is 2. The minimum atomic E-state index is -1.21. The molecule has 10 nitrogen and oxygen atoms in total. The molecule has 212 valence electrons. The largest absolute Gasteiger partial charge is 1.00 e. The average Bonchev–Trinajstić information content (AvgIpc) is 2.89. The SMILES string of the molecule is CC(O)CC(C)O.Cc1ccnc(-c2cc(C(=O)[O-])ccn2)c1.Cc1ccnc(-c2cc(C(=O)[O-])ccn2)c1.[Na+].[Ru]. The van der Waals surface area contributed by atoms with E-state index in [1.165, 1.54) is 36.7 Å². The van der Waals surface area contributed by atoms with Crippen molar-refractivity contribution in [3.05, 3.63) is 95.6 Å². The molecule has 4 heterocycles. The molecule has 4 rings (SSSR count). The van der Waals surface area contributed by atoms with Crippen LogP contribution in [-0.2, 0) is 19.5 Å². The van der Waals surface area contributed by atoms with Crippen LogP contribution in [0.15, 0.2) is 73.3 Å². The number of aliphatic hydroxyl groups excluding tert-OH is 2. The van der Waals surface area contributed by atoms with Gasteiger partial charge in [0.15, 0.2) is 0 Å². The van der Waals surface area contributed by atoms with Gasteiger partial charge in [0.2, 0.25) is 0 Å². The van der Waals surface area contributed by atoms with Crippen LogP contribution in [0.25, 0.3) is 22.8 Å². The van der Waals surface area contributed by atoms with E-state index in [4.69, 9.17) is 10.2 Å². The summed E-state index contributed by atoms with van der Waals surface area (Å²) in [5.41, 5.74) is 4.68. The Morgan fingerprint density at radius 3 is 1.20 bits per heavy atom. The zero-order valence-electron chi connectivity index (χ0n) is 23.5. The smallest absolute Gasteiger partial charge is 0.545 e. The van der Waals surface area contributed by atoms with Gasteiger partial charge in [0.1, 0.15) is 0 Å². The van der Waals surface area contributed by atoms with Gasteiger partial charge < -0.3 is 30.0 Å². The van der Waals surface area contributed by atoms with Gasteiger partial charge in [-0.2, -0.15) is 0 Å². The Morgan fingerprint density at radius 1 is 0.659 bits per heavy atom. The summed E-state index contributed by atoms with van der Waals surface area (Å²) in [4.78, 5) is 37.8. The number of carbonyl (C=O) groups excluding carboxylic acids is 2. The Kier molecular flexibility index (Phi) is 17.9. The number of hydrogen-bond acceptors (Lipinski definition) is 10. The van der Waals surface area contributed by atoms with E-state index in [1.807, 2.05) is 38.1 Å². The van der Waals surface area contributed by atoms with Gasteiger partial charge >= 0.3 is 29.6 Å². The molecule has 0 bridgehead atoms. The third-order valence-corrected chi connectivity index (χ3v) is 5.03. The molecule has 0 fully saturated rings. The van der Waals surface area contributed by atoms with Crippen molar-refractivity contribution in [2.75, 3.05) is 0 Å². The van der Waals surface area contributed by atoms with E-state index < -0.39 is 11.9 Å². The van der Waals surface area contributed by atoms with Crippen molar-refractivity contribution < 1.29 is 79.1 Å². The summed E-state index contributed by atoms with van der Waals surface area (Å²) in [6.45, 7) is 7.20. The number of carboxylic acid groups (broad SMARTS) is 2. The van der Waals surface area contributed by atoms with E-state index in [0.29, 0.717) is 29.2 Å². The van der Waals surface area contributed by atoms with Crippen molar-refractivity contribution in [1.29, 1.82) is 0 Å². The predicted octanol–water partition coefficient (Wildman–Crippen LogP) is -1.23. The topological polar surface area (TPSA) is 172 Å². The fraction of sp³-hybridized carbons (Fsp3) is 0.241. The molecule has 2 atom stereocenters. The van der Waals surface area contributed by atoms with Crippen molar-refractivity contribution in [3.63, 3.8) is 0 Å². The molecule has 12 heteroatoms. The number of carboxylic acids is 2. The molecule has 2 N–H and O–H groups in total. The Morgan fingerprint density at radius 2 is 0.951 bits per heavy atom. The Balaban J connectivity index is 0.000000615. The number of hydrogen-bond donors (Lipinski definition) is 2. The molecule has 4 aromatic heterocycles.